The van der Waals surface area contributed by atoms with Gasteiger partial charge in [-0.05, 0) is 37.0 Å². The van der Waals surface area contributed by atoms with Crippen molar-refractivity contribution >= 4 is 0 Å². The smallest absolute Gasteiger partial charge is 0.245 e. The minimum absolute atomic E-state index is 0.0516. The molecule has 2 saturated heterocycles. The van der Waals surface area contributed by atoms with E-state index in [2.05, 4.69) is 27.2 Å². The van der Waals surface area contributed by atoms with E-state index >= 15 is 0 Å². The second-order valence-electron chi connectivity index (χ2n) is 6.58. The Hall–Kier alpha value is -1.92. The Bertz CT molecular complexity index is 702. The molecule has 4 rings (SSSR count). The van der Waals surface area contributed by atoms with Gasteiger partial charge in [-0.3, -0.25) is 4.90 Å². The van der Waals surface area contributed by atoms with Crippen LogP contribution in [0.1, 0.15) is 42.7 Å². The first-order valence-corrected chi connectivity index (χ1v) is 8.55. The number of aromatic nitrogens is 2. The van der Waals surface area contributed by atoms with Crippen LogP contribution in [-0.4, -0.2) is 40.9 Å². The summed E-state index contributed by atoms with van der Waals surface area (Å²) in [4.78, 5) is 2.52. The molecule has 1 aromatic heterocycles. The highest BCUT2D eigenvalue weighted by Crippen LogP contribution is 2.38. The molecule has 6 nitrogen and oxygen atoms in total. The molecule has 3 atom stereocenters. The summed E-state index contributed by atoms with van der Waals surface area (Å²) >= 11 is 0. The number of fused-ring (bicyclic) bond motifs is 1. The fourth-order valence-electron chi connectivity index (χ4n) is 3.84. The minimum atomic E-state index is -0.0516. The lowest BCUT2D eigenvalue weighted by molar-refractivity contribution is -0.0818. The van der Waals surface area contributed by atoms with Gasteiger partial charge in [0.25, 0.3) is 0 Å². The number of ether oxygens (including phenoxy) is 2. The predicted molar refractivity (Wildman–Crippen MR) is 87.7 cm³/mol. The number of nitrogens with zero attached hydrogens (tertiary/aromatic N) is 3. The standard InChI is InChI=1S/C18H23N3O3/c1-12-19-20-18(23-12)17-7-6-15-16(24-17)8-9-21(15)11-13-4-3-5-14(10-13)22-2/h3-5,10,15-17H,6-9,11H2,1-2H3/t15-,16-,17+/m1/s1. The fourth-order valence-corrected chi connectivity index (χ4v) is 3.84. The predicted octanol–water partition coefficient (Wildman–Crippen LogP) is 2.88. The Morgan fingerprint density at radius 3 is 2.96 bits per heavy atom. The van der Waals surface area contributed by atoms with E-state index in [1.807, 2.05) is 19.1 Å². The third-order valence-corrected chi connectivity index (χ3v) is 5.00. The number of hydrogen-bond donors (Lipinski definition) is 0. The van der Waals surface area contributed by atoms with E-state index in [-0.39, 0.29) is 12.2 Å². The molecule has 0 bridgehead atoms. The number of benzene rings is 1. The van der Waals surface area contributed by atoms with Gasteiger partial charge in [0.15, 0.2) is 0 Å². The summed E-state index contributed by atoms with van der Waals surface area (Å²) in [5.74, 6) is 2.13. The van der Waals surface area contributed by atoms with Crippen molar-refractivity contribution in [1.82, 2.24) is 15.1 Å². The molecule has 0 unspecified atom stereocenters. The first-order valence-electron chi connectivity index (χ1n) is 8.55. The maximum Gasteiger partial charge on any atom is 0.245 e. The molecule has 2 aliphatic rings. The Morgan fingerprint density at radius 1 is 1.25 bits per heavy atom. The molecular weight excluding hydrogens is 306 g/mol. The molecule has 128 valence electrons. The van der Waals surface area contributed by atoms with E-state index in [1.165, 1.54) is 5.56 Å². The summed E-state index contributed by atoms with van der Waals surface area (Å²) < 4.78 is 17.1. The van der Waals surface area contributed by atoms with Gasteiger partial charge in [-0.1, -0.05) is 12.1 Å². The molecule has 0 N–H and O–H groups in total. The van der Waals surface area contributed by atoms with Crippen LogP contribution in [0.5, 0.6) is 5.75 Å². The molecule has 3 heterocycles. The molecule has 0 saturated carbocycles. The topological polar surface area (TPSA) is 60.6 Å². The maximum atomic E-state index is 6.26. The summed E-state index contributed by atoms with van der Waals surface area (Å²) in [6.07, 6.45) is 3.28. The van der Waals surface area contributed by atoms with Crippen molar-refractivity contribution < 1.29 is 13.9 Å². The minimum Gasteiger partial charge on any atom is -0.497 e. The number of methoxy groups -OCH3 is 1. The quantitative estimate of drug-likeness (QED) is 0.859. The van der Waals surface area contributed by atoms with E-state index < -0.39 is 0 Å². The van der Waals surface area contributed by atoms with Gasteiger partial charge >= 0.3 is 0 Å². The molecule has 0 aliphatic carbocycles. The van der Waals surface area contributed by atoms with Crippen LogP contribution in [0.15, 0.2) is 28.7 Å². The zero-order chi connectivity index (χ0) is 16.5. The lowest BCUT2D eigenvalue weighted by Gasteiger charge is -2.34. The fraction of sp³-hybridized carbons (Fsp3) is 0.556. The maximum absolute atomic E-state index is 6.26. The van der Waals surface area contributed by atoms with Crippen molar-refractivity contribution in [2.75, 3.05) is 13.7 Å². The molecule has 2 aliphatic heterocycles. The second-order valence-corrected chi connectivity index (χ2v) is 6.58. The Labute approximate surface area is 141 Å². The summed E-state index contributed by atoms with van der Waals surface area (Å²) in [5, 5.41) is 8.04. The third-order valence-electron chi connectivity index (χ3n) is 5.00. The molecule has 2 aromatic rings. The van der Waals surface area contributed by atoms with E-state index in [4.69, 9.17) is 13.9 Å². The van der Waals surface area contributed by atoms with Crippen LogP contribution in [0, 0.1) is 6.92 Å². The van der Waals surface area contributed by atoms with Crippen LogP contribution in [0.4, 0.5) is 0 Å². The van der Waals surface area contributed by atoms with E-state index in [1.54, 1.807) is 7.11 Å². The van der Waals surface area contributed by atoms with E-state index in [9.17, 15) is 0 Å². The molecular formula is C18H23N3O3. The van der Waals surface area contributed by atoms with Crippen molar-refractivity contribution in [3.8, 4) is 5.75 Å². The third kappa shape index (κ3) is 3.03. The lowest BCUT2D eigenvalue weighted by atomic mass is 9.98. The van der Waals surface area contributed by atoms with Crippen molar-refractivity contribution in [2.24, 2.45) is 0 Å². The average molecular weight is 329 g/mol. The van der Waals surface area contributed by atoms with Crippen LogP contribution in [0.25, 0.3) is 0 Å². The molecule has 2 fully saturated rings. The molecule has 1 aromatic carbocycles. The van der Waals surface area contributed by atoms with Crippen molar-refractivity contribution in [3.63, 3.8) is 0 Å². The van der Waals surface area contributed by atoms with Gasteiger partial charge in [0, 0.05) is 26.1 Å². The van der Waals surface area contributed by atoms with E-state index in [0.29, 0.717) is 17.8 Å². The van der Waals surface area contributed by atoms with Crippen LogP contribution in [-0.2, 0) is 11.3 Å². The first-order chi connectivity index (χ1) is 11.7. The van der Waals surface area contributed by atoms with Crippen LogP contribution >= 0.6 is 0 Å². The van der Waals surface area contributed by atoms with Crippen molar-refractivity contribution in [3.05, 3.63) is 41.6 Å². The largest absolute Gasteiger partial charge is 0.497 e. The molecule has 0 amide bonds. The number of likely N-dealkylation sites (tertiary alicyclic amines) is 1. The summed E-state index contributed by atoms with van der Waals surface area (Å²) in [6.45, 7) is 3.81. The van der Waals surface area contributed by atoms with Gasteiger partial charge in [-0.15, -0.1) is 10.2 Å². The second kappa shape index (κ2) is 6.53. The lowest BCUT2D eigenvalue weighted by Crippen LogP contribution is -2.40. The van der Waals surface area contributed by atoms with E-state index in [0.717, 1.165) is 38.1 Å². The molecule has 24 heavy (non-hydrogen) atoms. The summed E-state index contributed by atoms with van der Waals surface area (Å²) in [5.41, 5.74) is 1.28. The molecule has 0 spiro atoms. The van der Waals surface area contributed by atoms with Gasteiger partial charge in [0.05, 0.1) is 13.2 Å². The van der Waals surface area contributed by atoms with Crippen LogP contribution < -0.4 is 4.74 Å². The number of hydrogen-bond acceptors (Lipinski definition) is 6. The van der Waals surface area contributed by atoms with Crippen LogP contribution in [0.3, 0.4) is 0 Å². The Kier molecular flexibility index (Phi) is 4.24. The van der Waals surface area contributed by atoms with Gasteiger partial charge in [0.2, 0.25) is 11.8 Å². The van der Waals surface area contributed by atoms with Crippen LogP contribution in [0.2, 0.25) is 0 Å². The Morgan fingerprint density at radius 2 is 2.17 bits per heavy atom. The zero-order valence-corrected chi connectivity index (χ0v) is 14.1. The van der Waals surface area contributed by atoms with Gasteiger partial charge in [-0.2, -0.15) is 0 Å². The average Bonchev–Trinajstić information content (AvgIpc) is 3.21. The monoisotopic (exact) mass is 329 g/mol. The number of aryl methyl sites for hydroxylation is 1. The summed E-state index contributed by atoms with van der Waals surface area (Å²) in [7, 11) is 1.71. The van der Waals surface area contributed by atoms with Crippen molar-refractivity contribution in [1.29, 1.82) is 0 Å². The normalized spacial score (nSPS) is 27.2. The highest BCUT2D eigenvalue weighted by Gasteiger charge is 2.41. The first kappa shape index (κ1) is 15.6. The Balaban J connectivity index is 1.41. The zero-order valence-electron chi connectivity index (χ0n) is 14.1. The highest BCUT2D eigenvalue weighted by molar-refractivity contribution is 5.28. The molecule has 6 heteroatoms. The van der Waals surface area contributed by atoms with Gasteiger partial charge < -0.3 is 13.9 Å². The van der Waals surface area contributed by atoms with Gasteiger partial charge in [-0.25, -0.2) is 0 Å². The highest BCUT2D eigenvalue weighted by atomic mass is 16.5. The van der Waals surface area contributed by atoms with Crippen molar-refractivity contribution in [2.45, 2.75) is 51.0 Å². The molecule has 0 radical (unpaired) electrons. The summed E-state index contributed by atoms with van der Waals surface area (Å²) in [6, 6.07) is 8.77. The number of rotatable bonds is 4. The SMILES string of the molecule is COc1cccc(CN2CC[C@H]3O[C@H](c4nnc(C)o4)CC[C@H]32)c1. The van der Waals surface area contributed by atoms with Gasteiger partial charge in [0.1, 0.15) is 11.9 Å².